The highest BCUT2D eigenvalue weighted by molar-refractivity contribution is 6.36. The van der Waals surface area contributed by atoms with Gasteiger partial charge in [0.25, 0.3) is 11.8 Å². The first-order valence-corrected chi connectivity index (χ1v) is 7.71. The first-order valence-electron chi connectivity index (χ1n) is 7.71. The molecule has 2 amide bonds. The Morgan fingerprint density at radius 3 is 1.60 bits per heavy atom. The Morgan fingerprint density at radius 2 is 1.16 bits per heavy atom. The predicted octanol–water partition coefficient (Wildman–Crippen LogP) is 2.35. The second kappa shape index (κ2) is 5.31. The van der Waals surface area contributed by atoms with Gasteiger partial charge in [0.2, 0.25) is 0 Å². The van der Waals surface area contributed by atoms with E-state index in [4.69, 9.17) is 0 Å². The van der Waals surface area contributed by atoms with Gasteiger partial charge in [0.1, 0.15) is 5.92 Å². The van der Waals surface area contributed by atoms with E-state index in [0.29, 0.717) is 11.1 Å². The van der Waals surface area contributed by atoms with Crippen LogP contribution in [0.1, 0.15) is 48.4 Å². The molecule has 122 valence electrons. The maximum absolute atomic E-state index is 12.5. The summed E-state index contributed by atoms with van der Waals surface area (Å²) in [4.78, 5) is 49.8. The highest BCUT2D eigenvalue weighted by Crippen LogP contribution is 2.29. The van der Waals surface area contributed by atoms with Gasteiger partial charge in [0.15, 0.2) is 11.6 Å². The number of benzene rings is 2. The molecule has 4 rings (SSSR count). The third kappa shape index (κ3) is 2.07. The van der Waals surface area contributed by atoms with Gasteiger partial charge in [-0.2, -0.15) is 10.1 Å². The summed E-state index contributed by atoms with van der Waals surface area (Å²) >= 11 is 0. The van der Waals surface area contributed by atoms with Crippen molar-refractivity contribution in [3.63, 3.8) is 0 Å². The summed E-state index contributed by atoms with van der Waals surface area (Å²) in [5.41, 5.74) is 1.33. The van der Waals surface area contributed by atoms with Crippen molar-refractivity contribution in [3.05, 3.63) is 70.8 Å². The van der Waals surface area contributed by atoms with Crippen LogP contribution in [0, 0.1) is 5.92 Å². The van der Waals surface area contributed by atoms with E-state index in [1.165, 1.54) is 6.92 Å². The van der Waals surface area contributed by atoms with Gasteiger partial charge in [0, 0.05) is 11.1 Å². The lowest BCUT2D eigenvalue weighted by molar-refractivity contribution is 0.0653. The van der Waals surface area contributed by atoms with Crippen LogP contribution in [0.25, 0.3) is 0 Å². The zero-order valence-electron chi connectivity index (χ0n) is 13.2. The van der Waals surface area contributed by atoms with Crippen LogP contribution in [0.3, 0.4) is 0 Å². The molecule has 0 saturated carbocycles. The fourth-order valence-corrected chi connectivity index (χ4v) is 3.21. The van der Waals surface area contributed by atoms with Gasteiger partial charge in [-0.1, -0.05) is 36.4 Å². The first-order chi connectivity index (χ1) is 12.0. The predicted molar refractivity (Wildman–Crippen MR) is 88.6 cm³/mol. The number of hydrazone groups is 1. The third-order valence-corrected chi connectivity index (χ3v) is 4.43. The monoisotopic (exact) mass is 332 g/mol. The topological polar surface area (TPSA) is 83.9 Å². The summed E-state index contributed by atoms with van der Waals surface area (Å²) < 4.78 is 0. The molecule has 1 aliphatic carbocycles. The summed E-state index contributed by atoms with van der Waals surface area (Å²) in [5.74, 6) is -2.94. The van der Waals surface area contributed by atoms with Crippen LogP contribution < -0.4 is 0 Å². The standard InChI is InChI=1S/C19H12N2O4/c1-10(15-16(22)11-6-2-3-7-12(11)17(15)23)20-21-18(24)13-8-4-5-9-14(13)19(21)25/h2-9,15H,1H3/b20-10+. The van der Waals surface area contributed by atoms with Crippen molar-refractivity contribution in [2.45, 2.75) is 6.92 Å². The second-order valence-electron chi connectivity index (χ2n) is 5.92. The number of carbonyl (C=O) groups excluding carboxylic acids is 4. The maximum atomic E-state index is 12.5. The molecule has 25 heavy (non-hydrogen) atoms. The molecule has 1 aliphatic heterocycles. The van der Waals surface area contributed by atoms with Crippen molar-refractivity contribution in [2.75, 3.05) is 0 Å². The van der Waals surface area contributed by atoms with E-state index in [1.807, 2.05) is 0 Å². The molecule has 2 aromatic carbocycles. The van der Waals surface area contributed by atoms with Crippen LogP contribution in [0.15, 0.2) is 53.6 Å². The molecular formula is C19H12N2O4. The molecule has 6 heteroatoms. The summed E-state index contributed by atoms with van der Waals surface area (Å²) in [6.45, 7) is 1.48. The number of Topliss-reactive ketones (excluding diaryl/α,β-unsaturated/α-hetero) is 2. The van der Waals surface area contributed by atoms with Gasteiger partial charge in [-0.15, -0.1) is 0 Å². The minimum Gasteiger partial charge on any atom is -0.293 e. The molecule has 0 atom stereocenters. The van der Waals surface area contributed by atoms with Crippen LogP contribution in [-0.2, 0) is 0 Å². The SMILES string of the molecule is C/C(=N\N1C(=O)c2ccccc2C1=O)C1C(=O)c2ccccc2C1=O. The molecule has 0 fully saturated rings. The Bertz CT molecular complexity index is 936. The quantitative estimate of drug-likeness (QED) is 0.480. The van der Waals surface area contributed by atoms with Crippen molar-refractivity contribution < 1.29 is 19.2 Å². The van der Waals surface area contributed by atoms with Gasteiger partial charge in [-0.3, -0.25) is 19.2 Å². The van der Waals surface area contributed by atoms with Crippen LogP contribution in [0.5, 0.6) is 0 Å². The van der Waals surface area contributed by atoms with Crippen molar-refractivity contribution in [3.8, 4) is 0 Å². The molecule has 0 saturated heterocycles. The first kappa shape index (κ1) is 15.1. The van der Waals surface area contributed by atoms with Crippen LogP contribution in [-0.4, -0.2) is 34.1 Å². The third-order valence-electron chi connectivity index (χ3n) is 4.43. The molecule has 0 radical (unpaired) electrons. The van der Waals surface area contributed by atoms with Crippen molar-refractivity contribution in [2.24, 2.45) is 11.0 Å². The number of ketones is 2. The molecule has 0 bridgehead atoms. The largest absolute Gasteiger partial charge is 0.293 e. The number of hydrogen-bond acceptors (Lipinski definition) is 5. The lowest BCUT2D eigenvalue weighted by Crippen LogP contribution is -2.30. The Kier molecular flexibility index (Phi) is 3.21. The van der Waals surface area contributed by atoms with Gasteiger partial charge >= 0.3 is 0 Å². The van der Waals surface area contributed by atoms with E-state index >= 15 is 0 Å². The van der Waals surface area contributed by atoms with E-state index in [9.17, 15) is 19.2 Å². The Labute approximate surface area is 142 Å². The smallest absolute Gasteiger partial charge is 0.282 e. The van der Waals surface area contributed by atoms with E-state index < -0.39 is 17.7 Å². The molecule has 0 aromatic heterocycles. The van der Waals surface area contributed by atoms with E-state index in [1.54, 1.807) is 48.5 Å². The number of carbonyl (C=O) groups is 4. The number of fused-ring (bicyclic) bond motifs is 2. The Hall–Kier alpha value is -3.41. The number of imide groups is 1. The zero-order valence-corrected chi connectivity index (χ0v) is 13.2. The van der Waals surface area contributed by atoms with Crippen molar-refractivity contribution >= 4 is 29.1 Å². The summed E-state index contributed by atoms with van der Waals surface area (Å²) in [7, 11) is 0. The van der Waals surface area contributed by atoms with Gasteiger partial charge in [-0.25, -0.2) is 0 Å². The lowest BCUT2D eigenvalue weighted by atomic mass is 9.99. The average Bonchev–Trinajstić information content (AvgIpc) is 3.02. The summed E-state index contributed by atoms with van der Waals surface area (Å²) in [6.07, 6.45) is 0. The van der Waals surface area contributed by atoms with E-state index in [-0.39, 0.29) is 28.4 Å². The van der Waals surface area contributed by atoms with Gasteiger partial charge in [0.05, 0.1) is 16.8 Å². The summed E-state index contributed by atoms with van der Waals surface area (Å²) in [5, 5.41) is 4.75. The van der Waals surface area contributed by atoms with Crippen LogP contribution >= 0.6 is 0 Å². The minimum absolute atomic E-state index is 0.126. The van der Waals surface area contributed by atoms with Crippen molar-refractivity contribution in [1.82, 2.24) is 5.01 Å². The Morgan fingerprint density at radius 1 is 0.760 bits per heavy atom. The highest BCUT2D eigenvalue weighted by Gasteiger charge is 2.42. The fourth-order valence-electron chi connectivity index (χ4n) is 3.21. The molecule has 6 nitrogen and oxygen atoms in total. The lowest BCUT2D eigenvalue weighted by Gasteiger charge is -2.11. The molecule has 2 aliphatic rings. The fraction of sp³-hybridized carbons (Fsp3) is 0.105. The second-order valence-corrected chi connectivity index (χ2v) is 5.92. The van der Waals surface area contributed by atoms with Gasteiger partial charge < -0.3 is 0 Å². The highest BCUT2D eigenvalue weighted by atomic mass is 16.2. The molecular weight excluding hydrogens is 320 g/mol. The summed E-state index contributed by atoms with van der Waals surface area (Å²) in [6, 6.07) is 12.9. The zero-order chi connectivity index (χ0) is 17.7. The number of nitrogens with zero attached hydrogens (tertiary/aromatic N) is 2. The van der Waals surface area contributed by atoms with Crippen LogP contribution in [0.4, 0.5) is 0 Å². The van der Waals surface area contributed by atoms with E-state index in [2.05, 4.69) is 5.10 Å². The maximum Gasteiger partial charge on any atom is 0.282 e. The molecule has 1 heterocycles. The average molecular weight is 332 g/mol. The molecule has 0 spiro atoms. The molecule has 0 unspecified atom stereocenters. The number of amides is 2. The number of rotatable bonds is 2. The van der Waals surface area contributed by atoms with Gasteiger partial charge in [-0.05, 0) is 19.1 Å². The number of hydrogen-bond donors (Lipinski definition) is 0. The molecule has 0 N–H and O–H groups in total. The van der Waals surface area contributed by atoms with Crippen molar-refractivity contribution in [1.29, 1.82) is 0 Å². The normalized spacial score (nSPS) is 17.3. The molecule has 2 aromatic rings. The van der Waals surface area contributed by atoms with Crippen LogP contribution in [0.2, 0.25) is 0 Å². The Balaban J connectivity index is 1.70. The van der Waals surface area contributed by atoms with E-state index in [0.717, 1.165) is 5.01 Å². The minimum atomic E-state index is -1.10.